The predicted molar refractivity (Wildman–Crippen MR) is 72.5 cm³/mol. The van der Waals surface area contributed by atoms with Gasteiger partial charge in [0.2, 0.25) is 0 Å². The number of hydrogen-bond acceptors (Lipinski definition) is 2. The first-order valence-electron chi connectivity index (χ1n) is 7.41. The molecule has 0 bridgehead atoms. The molecule has 100 valence electrons. The van der Waals surface area contributed by atoms with Crippen LogP contribution in [0.1, 0.15) is 64.7 Å². The summed E-state index contributed by atoms with van der Waals surface area (Å²) < 4.78 is 5.57. The quantitative estimate of drug-likeness (QED) is 0.737. The van der Waals surface area contributed by atoms with Crippen LogP contribution in [0.25, 0.3) is 0 Å². The van der Waals surface area contributed by atoms with E-state index in [9.17, 15) is 0 Å². The Labute approximate surface area is 110 Å². The third-order valence-corrected chi connectivity index (χ3v) is 5.73. The summed E-state index contributed by atoms with van der Waals surface area (Å²) in [6.45, 7) is 9.54. The Morgan fingerprint density at radius 3 is 2.83 bits per heavy atom. The van der Waals surface area contributed by atoms with Crippen molar-refractivity contribution in [3.63, 3.8) is 0 Å². The lowest BCUT2D eigenvalue weighted by Gasteiger charge is -2.53. The van der Waals surface area contributed by atoms with Gasteiger partial charge in [0.05, 0.1) is 6.20 Å². The molecule has 1 aromatic heterocycles. The van der Waals surface area contributed by atoms with E-state index in [1.54, 1.807) is 0 Å². The fourth-order valence-corrected chi connectivity index (χ4v) is 4.94. The third kappa shape index (κ3) is 1.57. The summed E-state index contributed by atoms with van der Waals surface area (Å²) in [5.74, 6) is 2.82. The van der Waals surface area contributed by atoms with E-state index in [1.807, 2.05) is 6.20 Å². The summed E-state index contributed by atoms with van der Waals surface area (Å²) in [6.07, 6.45) is 8.57. The second kappa shape index (κ2) is 3.85. The number of nitrogens with zero attached hydrogens (tertiary/aromatic N) is 1. The largest absolute Gasteiger partial charge is 0.361 e. The zero-order valence-corrected chi connectivity index (χ0v) is 12.1. The van der Waals surface area contributed by atoms with Gasteiger partial charge >= 0.3 is 0 Å². The molecule has 1 saturated carbocycles. The Morgan fingerprint density at radius 1 is 1.33 bits per heavy atom. The predicted octanol–water partition coefficient (Wildman–Crippen LogP) is 4.34. The van der Waals surface area contributed by atoms with Gasteiger partial charge in [0.25, 0.3) is 0 Å². The van der Waals surface area contributed by atoms with Crippen molar-refractivity contribution in [1.82, 2.24) is 5.16 Å². The lowest BCUT2D eigenvalue weighted by Crippen LogP contribution is -2.49. The summed E-state index contributed by atoms with van der Waals surface area (Å²) in [5.41, 5.74) is 1.95. The first-order chi connectivity index (χ1) is 8.47. The molecule has 3 rings (SSSR count). The smallest absolute Gasteiger partial charge is 0.145 e. The zero-order chi connectivity index (χ0) is 13.0. The van der Waals surface area contributed by atoms with Gasteiger partial charge in [0.15, 0.2) is 0 Å². The van der Waals surface area contributed by atoms with Crippen LogP contribution in [0.2, 0.25) is 0 Å². The topological polar surface area (TPSA) is 26.0 Å². The Bertz CT molecular complexity index is 448. The second-order valence-electron chi connectivity index (χ2n) is 7.34. The minimum Gasteiger partial charge on any atom is -0.361 e. The molecule has 0 unspecified atom stereocenters. The van der Waals surface area contributed by atoms with Crippen LogP contribution in [-0.2, 0) is 11.8 Å². The summed E-state index contributed by atoms with van der Waals surface area (Å²) in [7, 11) is 0. The van der Waals surface area contributed by atoms with E-state index in [-0.39, 0.29) is 5.41 Å². The molecule has 0 N–H and O–H groups in total. The molecule has 0 aliphatic heterocycles. The Balaban J connectivity index is 2.02. The molecule has 2 aliphatic carbocycles. The molecule has 1 heterocycles. The van der Waals surface area contributed by atoms with Crippen molar-refractivity contribution in [2.24, 2.45) is 17.3 Å². The average molecular weight is 247 g/mol. The van der Waals surface area contributed by atoms with Crippen molar-refractivity contribution in [2.75, 3.05) is 0 Å². The van der Waals surface area contributed by atoms with Crippen LogP contribution in [0.5, 0.6) is 0 Å². The van der Waals surface area contributed by atoms with Gasteiger partial charge in [0, 0.05) is 11.0 Å². The monoisotopic (exact) mass is 247 g/mol. The molecule has 2 aliphatic rings. The SMILES string of the molecule is CC[C@H]1CC[C@H]2C(C)(C)c3oncc3C[C@]2(C)C1. The van der Waals surface area contributed by atoms with E-state index in [1.165, 1.54) is 31.2 Å². The highest BCUT2D eigenvalue weighted by molar-refractivity contribution is 5.30. The number of fused-ring (bicyclic) bond motifs is 2. The minimum absolute atomic E-state index is 0.150. The van der Waals surface area contributed by atoms with Gasteiger partial charge in [-0.3, -0.25) is 0 Å². The molecule has 0 spiro atoms. The Kier molecular flexibility index (Phi) is 2.62. The third-order valence-electron chi connectivity index (χ3n) is 5.73. The maximum atomic E-state index is 5.57. The van der Waals surface area contributed by atoms with Gasteiger partial charge in [0.1, 0.15) is 5.76 Å². The Morgan fingerprint density at radius 2 is 2.11 bits per heavy atom. The maximum absolute atomic E-state index is 5.57. The van der Waals surface area contributed by atoms with Crippen LogP contribution in [0, 0.1) is 17.3 Å². The van der Waals surface area contributed by atoms with Gasteiger partial charge in [-0.1, -0.05) is 45.7 Å². The number of aromatic nitrogens is 1. The standard InChI is InChI=1S/C16H25NO/c1-5-11-6-7-13-15(2,3)14-12(10-17-18-14)9-16(13,4)8-11/h10-11,13H,5-9H2,1-4H3/t11-,13-,16-/m0/s1. The minimum atomic E-state index is 0.150. The molecule has 0 aromatic carbocycles. The molecule has 0 saturated heterocycles. The molecule has 3 atom stereocenters. The van der Waals surface area contributed by atoms with Crippen molar-refractivity contribution in [1.29, 1.82) is 0 Å². The summed E-state index contributed by atoms with van der Waals surface area (Å²) >= 11 is 0. The highest BCUT2D eigenvalue weighted by Gasteiger charge is 2.53. The fraction of sp³-hybridized carbons (Fsp3) is 0.812. The summed E-state index contributed by atoms with van der Waals surface area (Å²) in [5, 5.41) is 4.05. The van der Waals surface area contributed by atoms with E-state index >= 15 is 0 Å². The number of rotatable bonds is 1. The van der Waals surface area contributed by atoms with Gasteiger partial charge in [-0.05, 0) is 36.5 Å². The summed E-state index contributed by atoms with van der Waals surface area (Å²) in [6, 6.07) is 0. The lowest BCUT2D eigenvalue weighted by molar-refractivity contribution is 0.00314. The van der Waals surface area contributed by atoms with Crippen LogP contribution in [0.4, 0.5) is 0 Å². The molecule has 18 heavy (non-hydrogen) atoms. The molecule has 1 aromatic rings. The zero-order valence-electron chi connectivity index (χ0n) is 12.1. The molecule has 2 nitrogen and oxygen atoms in total. The molecular formula is C16H25NO. The van der Waals surface area contributed by atoms with Gasteiger partial charge in [-0.15, -0.1) is 0 Å². The van der Waals surface area contributed by atoms with Crippen molar-refractivity contribution in [2.45, 2.75) is 65.2 Å². The normalized spacial score (nSPS) is 38.0. The molecular weight excluding hydrogens is 222 g/mol. The molecule has 0 radical (unpaired) electrons. The van der Waals surface area contributed by atoms with Crippen molar-refractivity contribution in [3.05, 3.63) is 17.5 Å². The summed E-state index contributed by atoms with van der Waals surface area (Å²) in [4.78, 5) is 0. The number of hydrogen-bond donors (Lipinski definition) is 0. The van der Waals surface area contributed by atoms with E-state index < -0.39 is 0 Å². The first kappa shape index (κ1) is 12.3. The molecule has 1 fully saturated rings. The van der Waals surface area contributed by atoms with Gasteiger partial charge in [-0.25, -0.2) is 0 Å². The van der Waals surface area contributed by atoms with E-state index in [0.717, 1.165) is 24.0 Å². The molecule has 0 amide bonds. The lowest BCUT2D eigenvalue weighted by atomic mass is 9.50. The first-order valence-corrected chi connectivity index (χ1v) is 7.41. The van der Waals surface area contributed by atoms with Gasteiger partial charge < -0.3 is 4.52 Å². The fourth-order valence-electron chi connectivity index (χ4n) is 4.94. The van der Waals surface area contributed by atoms with Crippen LogP contribution >= 0.6 is 0 Å². The van der Waals surface area contributed by atoms with Crippen molar-refractivity contribution >= 4 is 0 Å². The Hall–Kier alpha value is -0.790. The van der Waals surface area contributed by atoms with Crippen LogP contribution in [-0.4, -0.2) is 5.16 Å². The van der Waals surface area contributed by atoms with Crippen molar-refractivity contribution < 1.29 is 4.52 Å². The van der Waals surface area contributed by atoms with Crippen LogP contribution in [0.3, 0.4) is 0 Å². The van der Waals surface area contributed by atoms with E-state index in [0.29, 0.717) is 5.41 Å². The highest BCUT2D eigenvalue weighted by Crippen LogP contribution is 2.58. The van der Waals surface area contributed by atoms with Crippen molar-refractivity contribution in [3.8, 4) is 0 Å². The van der Waals surface area contributed by atoms with E-state index in [2.05, 4.69) is 32.9 Å². The van der Waals surface area contributed by atoms with E-state index in [4.69, 9.17) is 4.52 Å². The second-order valence-corrected chi connectivity index (χ2v) is 7.34. The maximum Gasteiger partial charge on any atom is 0.145 e. The van der Waals surface area contributed by atoms with Crippen LogP contribution in [0.15, 0.2) is 10.7 Å². The average Bonchev–Trinajstić information content (AvgIpc) is 2.76. The van der Waals surface area contributed by atoms with Crippen LogP contribution < -0.4 is 0 Å². The van der Waals surface area contributed by atoms with Gasteiger partial charge in [-0.2, -0.15) is 0 Å². The molecule has 2 heteroatoms. The highest BCUT2D eigenvalue weighted by atomic mass is 16.5.